The largest absolute Gasteiger partial charge is 0.307 e. The molecule has 2 rings (SSSR count). The van der Waals surface area contributed by atoms with Gasteiger partial charge in [-0.1, -0.05) is 34.1 Å². The van der Waals surface area contributed by atoms with E-state index in [1.807, 2.05) is 12.3 Å². The average Bonchev–Trinajstić information content (AvgIpc) is 2.34. The van der Waals surface area contributed by atoms with Gasteiger partial charge in [-0.05, 0) is 42.7 Å². The number of aromatic nitrogens is 1. The summed E-state index contributed by atoms with van der Waals surface area (Å²) in [5, 5.41) is 3.43. The highest BCUT2D eigenvalue weighted by atomic mass is 79.9. The third-order valence-corrected chi connectivity index (χ3v) is 3.67. The fraction of sp³-hybridized carbons (Fsp3) is 0.267. The average molecular weight is 305 g/mol. The van der Waals surface area contributed by atoms with Crippen molar-refractivity contribution >= 4 is 15.9 Å². The van der Waals surface area contributed by atoms with Gasteiger partial charge in [0, 0.05) is 23.8 Å². The van der Waals surface area contributed by atoms with Crippen molar-refractivity contribution in [2.45, 2.75) is 26.9 Å². The van der Waals surface area contributed by atoms with Gasteiger partial charge in [0.1, 0.15) is 0 Å². The summed E-state index contributed by atoms with van der Waals surface area (Å²) in [6.07, 6.45) is 1.84. The minimum atomic E-state index is 0.799. The number of benzene rings is 1. The van der Waals surface area contributed by atoms with E-state index in [1.165, 1.54) is 16.7 Å². The first kappa shape index (κ1) is 13.2. The smallest absolute Gasteiger partial charge is 0.0570 e. The van der Waals surface area contributed by atoms with E-state index in [-0.39, 0.29) is 0 Å². The zero-order valence-corrected chi connectivity index (χ0v) is 12.3. The van der Waals surface area contributed by atoms with Crippen molar-refractivity contribution in [1.82, 2.24) is 10.3 Å². The Labute approximate surface area is 117 Å². The Morgan fingerprint density at radius 2 is 2.00 bits per heavy atom. The van der Waals surface area contributed by atoms with Gasteiger partial charge < -0.3 is 5.32 Å². The van der Waals surface area contributed by atoms with E-state index in [9.17, 15) is 0 Å². The molecule has 1 aromatic carbocycles. The Balaban J connectivity index is 1.95. The Bertz CT molecular complexity index is 538. The molecule has 0 atom stereocenters. The van der Waals surface area contributed by atoms with Gasteiger partial charge in [-0.25, -0.2) is 0 Å². The molecule has 0 bridgehead atoms. The highest BCUT2D eigenvalue weighted by molar-refractivity contribution is 9.10. The molecule has 2 nitrogen and oxygen atoms in total. The molecule has 0 saturated carbocycles. The van der Waals surface area contributed by atoms with Crippen LogP contribution in [-0.4, -0.2) is 4.98 Å². The van der Waals surface area contributed by atoms with Crippen molar-refractivity contribution in [2.75, 3.05) is 0 Å². The fourth-order valence-corrected chi connectivity index (χ4v) is 2.45. The lowest BCUT2D eigenvalue weighted by atomic mass is 10.1. The summed E-state index contributed by atoms with van der Waals surface area (Å²) in [5.41, 5.74) is 4.88. The van der Waals surface area contributed by atoms with Crippen LogP contribution in [-0.2, 0) is 13.1 Å². The standard InChI is InChI=1S/C15H17BrN2/c1-11-5-6-13(14(16)8-11)9-17-10-15-12(2)4-3-7-18-15/h3-8,17H,9-10H2,1-2H3. The highest BCUT2D eigenvalue weighted by Crippen LogP contribution is 2.18. The van der Waals surface area contributed by atoms with E-state index in [4.69, 9.17) is 0 Å². The van der Waals surface area contributed by atoms with E-state index in [0.717, 1.165) is 23.3 Å². The first-order valence-electron chi connectivity index (χ1n) is 6.03. The second-order valence-electron chi connectivity index (χ2n) is 4.47. The normalized spacial score (nSPS) is 10.6. The van der Waals surface area contributed by atoms with Crippen molar-refractivity contribution < 1.29 is 0 Å². The summed E-state index contributed by atoms with van der Waals surface area (Å²) >= 11 is 3.59. The molecule has 0 aliphatic heterocycles. The van der Waals surface area contributed by atoms with Crippen LogP contribution in [0.15, 0.2) is 41.0 Å². The molecule has 3 heteroatoms. The fourth-order valence-electron chi connectivity index (χ4n) is 1.81. The van der Waals surface area contributed by atoms with Gasteiger partial charge in [-0.2, -0.15) is 0 Å². The maximum absolute atomic E-state index is 4.37. The Hall–Kier alpha value is -1.19. The minimum Gasteiger partial charge on any atom is -0.307 e. The molecule has 18 heavy (non-hydrogen) atoms. The van der Waals surface area contributed by atoms with E-state index >= 15 is 0 Å². The lowest BCUT2D eigenvalue weighted by Gasteiger charge is -2.08. The van der Waals surface area contributed by atoms with Crippen LogP contribution in [0.2, 0.25) is 0 Å². The molecule has 2 aromatic rings. The predicted molar refractivity (Wildman–Crippen MR) is 78.4 cm³/mol. The summed E-state index contributed by atoms with van der Waals surface area (Å²) in [4.78, 5) is 4.37. The SMILES string of the molecule is Cc1ccc(CNCc2ncccc2C)c(Br)c1. The molecule has 0 aliphatic carbocycles. The van der Waals surface area contributed by atoms with Gasteiger partial charge >= 0.3 is 0 Å². The molecule has 94 valence electrons. The summed E-state index contributed by atoms with van der Waals surface area (Å²) in [6.45, 7) is 5.83. The number of nitrogens with one attached hydrogen (secondary N) is 1. The van der Waals surface area contributed by atoms with Crippen LogP contribution >= 0.6 is 15.9 Å². The first-order chi connectivity index (χ1) is 8.66. The molecule has 1 N–H and O–H groups in total. The quantitative estimate of drug-likeness (QED) is 0.930. The Morgan fingerprint density at radius 1 is 1.17 bits per heavy atom. The van der Waals surface area contributed by atoms with Gasteiger partial charge in [0.15, 0.2) is 0 Å². The molecular formula is C15H17BrN2. The maximum atomic E-state index is 4.37. The van der Waals surface area contributed by atoms with Crippen molar-refractivity contribution in [2.24, 2.45) is 0 Å². The van der Waals surface area contributed by atoms with E-state index in [1.54, 1.807) is 0 Å². The number of halogens is 1. The van der Waals surface area contributed by atoms with Gasteiger partial charge in [-0.3, -0.25) is 4.98 Å². The third-order valence-electron chi connectivity index (χ3n) is 2.93. The monoisotopic (exact) mass is 304 g/mol. The van der Waals surface area contributed by atoms with Crippen LogP contribution in [0.25, 0.3) is 0 Å². The summed E-state index contributed by atoms with van der Waals surface area (Å²) < 4.78 is 1.16. The van der Waals surface area contributed by atoms with Crippen LogP contribution in [0.1, 0.15) is 22.4 Å². The first-order valence-corrected chi connectivity index (χ1v) is 6.82. The molecule has 0 spiro atoms. The van der Waals surface area contributed by atoms with Crippen LogP contribution in [0.4, 0.5) is 0 Å². The van der Waals surface area contributed by atoms with Crippen LogP contribution < -0.4 is 5.32 Å². The molecule has 0 unspecified atom stereocenters. The second kappa shape index (κ2) is 6.12. The Morgan fingerprint density at radius 3 is 2.72 bits per heavy atom. The van der Waals surface area contributed by atoms with Crippen molar-refractivity contribution in [3.05, 3.63) is 63.4 Å². The molecule has 1 heterocycles. The number of pyridine rings is 1. The molecule has 0 radical (unpaired) electrons. The molecule has 1 aromatic heterocycles. The zero-order chi connectivity index (χ0) is 13.0. The van der Waals surface area contributed by atoms with Crippen molar-refractivity contribution in [3.8, 4) is 0 Å². The number of hydrogen-bond donors (Lipinski definition) is 1. The van der Waals surface area contributed by atoms with Crippen molar-refractivity contribution in [1.29, 1.82) is 0 Å². The zero-order valence-electron chi connectivity index (χ0n) is 10.7. The molecule has 0 fully saturated rings. The summed E-state index contributed by atoms with van der Waals surface area (Å²) in [7, 11) is 0. The van der Waals surface area contributed by atoms with Crippen LogP contribution in [0.3, 0.4) is 0 Å². The number of nitrogens with zero attached hydrogens (tertiary/aromatic N) is 1. The van der Waals surface area contributed by atoms with Gasteiger partial charge in [0.25, 0.3) is 0 Å². The number of hydrogen-bond acceptors (Lipinski definition) is 2. The van der Waals surface area contributed by atoms with E-state index < -0.39 is 0 Å². The minimum absolute atomic E-state index is 0.799. The van der Waals surface area contributed by atoms with Gasteiger partial charge in [0.2, 0.25) is 0 Å². The van der Waals surface area contributed by atoms with Crippen LogP contribution in [0, 0.1) is 13.8 Å². The van der Waals surface area contributed by atoms with E-state index in [0.29, 0.717) is 0 Å². The molecule has 0 amide bonds. The van der Waals surface area contributed by atoms with Gasteiger partial charge in [0.05, 0.1) is 5.69 Å². The summed E-state index contributed by atoms with van der Waals surface area (Å²) in [5.74, 6) is 0. The molecular weight excluding hydrogens is 288 g/mol. The third kappa shape index (κ3) is 3.40. The van der Waals surface area contributed by atoms with Gasteiger partial charge in [-0.15, -0.1) is 0 Å². The number of rotatable bonds is 4. The lowest BCUT2D eigenvalue weighted by Crippen LogP contribution is -2.14. The van der Waals surface area contributed by atoms with Crippen LogP contribution in [0.5, 0.6) is 0 Å². The van der Waals surface area contributed by atoms with Crippen molar-refractivity contribution in [3.63, 3.8) is 0 Å². The molecule has 0 aliphatic rings. The Kier molecular flexibility index (Phi) is 4.50. The lowest BCUT2D eigenvalue weighted by molar-refractivity contribution is 0.674. The number of aryl methyl sites for hydroxylation is 2. The summed E-state index contributed by atoms with van der Waals surface area (Å²) in [6, 6.07) is 10.5. The highest BCUT2D eigenvalue weighted by Gasteiger charge is 2.01. The maximum Gasteiger partial charge on any atom is 0.0570 e. The second-order valence-corrected chi connectivity index (χ2v) is 5.32. The van der Waals surface area contributed by atoms with E-state index in [2.05, 4.69) is 64.3 Å². The topological polar surface area (TPSA) is 24.9 Å². The molecule has 0 saturated heterocycles. The predicted octanol–water partition coefficient (Wildman–Crippen LogP) is 3.75.